The van der Waals surface area contributed by atoms with Crippen molar-refractivity contribution in [3.8, 4) is 0 Å². The first-order chi connectivity index (χ1) is 8.09. The fraction of sp³-hybridized carbons (Fsp3) is 0.625. The summed E-state index contributed by atoms with van der Waals surface area (Å²) in [7, 11) is 0. The van der Waals surface area contributed by atoms with Gasteiger partial charge < -0.3 is 5.32 Å². The van der Waals surface area contributed by atoms with Gasteiger partial charge in [-0.15, -0.1) is 0 Å². The van der Waals surface area contributed by atoms with Gasteiger partial charge >= 0.3 is 0 Å². The van der Waals surface area contributed by atoms with Gasteiger partial charge in [0.05, 0.1) is 0 Å². The maximum absolute atomic E-state index is 3.75. The number of hydrogen-bond donors (Lipinski definition) is 1. The van der Waals surface area contributed by atoms with E-state index in [4.69, 9.17) is 0 Å². The third kappa shape index (κ3) is 5.70. The molecule has 0 aliphatic carbocycles. The van der Waals surface area contributed by atoms with Crippen molar-refractivity contribution in [3.63, 3.8) is 0 Å². The van der Waals surface area contributed by atoms with Crippen molar-refractivity contribution < 1.29 is 0 Å². The van der Waals surface area contributed by atoms with Crippen LogP contribution in [0.1, 0.15) is 59.6 Å². The Morgan fingerprint density at radius 2 is 1.56 bits per heavy atom. The first-order valence-electron chi connectivity index (χ1n) is 6.62. The lowest BCUT2D eigenvalue weighted by Gasteiger charge is -2.36. The molecule has 0 radical (unpaired) electrons. The Bertz CT molecular complexity index is 373. The summed E-state index contributed by atoms with van der Waals surface area (Å²) in [5.41, 5.74) is 1.86. The third-order valence-corrected chi connectivity index (χ3v) is 3.67. The van der Waals surface area contributed by atoms with Gasteiger partial charge in [-0.3, -0.25) is 0 Å². The van der Waals surface area contributed by atoms with Crippen LogP contribution in [-0.4, -0.2) is 5.54 Å². The van der Waals surface area contributed by atoms with E-state index in [1.807, 2.05) is 0 Å². The Hall–Kier alpha value is -0.0900. The zero-order chi connectivity index (χ0) is 14.0. The molecule has 1 nitrogen and oxygen atoms in total. The van der Waals surface area contributed by atoms with Crippen LogP contribution in [0.3, 0.4) is 0 Å². The van der Waals surface area contributed by atoms with E-state index in [0.29, 0.717) is 11.5 Å². The summed E-state index contributed by atoms with van der Waals surface area (Å²) in [6, 6.07) is 9.16. The maximum Gasteiger partial charge on any atom is 0.0296 e. The number of rotatable bonds is 4. The van der Waals surface area contributed by atoms with Crippen molar-refractivity contribution in [3.05, 3.63) is 33.4 Å². The van der Waals surface area contributed by atoms with Crippen LogP contribution in [0.5, 0.6) is 0 Å². The minimum atomic E-state index is 0.153. The van der Waals surface area contributed by atoms with Crippen LogP contribution in [-0.2, 0) is 0 Å². The minimum absolute atomic E-state index is 0.153. The highest BCUT2D eigenvalue weighted by Crippen LogP contribution is 2.29. The molecule has 0 saturated carbocycles. The molecule has 0 spiro atoms. The molecule has 102 valence electrons. The molecule has 0 aliphatic heterocycles. The molecule has 0 aliphatic rings. The standard InChI is InChI=1S/C16H26IN/c1-12(13-7-9-14(17)10-8-13)18-16(5,6)11-15(2,3)4/h7-10,12,18H,11H2,1-6H3. The summed E-state index contributed by atoms with van der Waals surface area (Å²) >= 11 is 2.35. The average Bonchev–Trinajstić information content (AvgIpc) is 2.13. The fourth-order valence-corrected chi connectivity index (χ4v) is 3.16. The van der Waals surface area contributed by atoms with Crippen LogP contribution in [0.2, 0.25) is 0 Å². The maximum atomic E-state index is 3.75. The van der Waals surface area contributed by atoms with Crippen LogP contribution in [0.25, 0.3) is 0 Å². The van der Waals surface area contributed by atoms with Crippen molar-refractivity contribution in [2.24, 2.45) is 5.41 Å². The number of nitrogens with one attached hydrogen (secondary N) is 1. The van der Waals surface area contributed by atoms with Gasteiger partial charge in [0.15, 0.2) is 0 Å². The second kappa shape index (κ2) is 5.91. The van der Waals surface area contributed by atoms with E-state index in [0.717, 1.165) is 6.42 Å². The lowest BCUT2D eigenvalue weighted by Crippen LogP contribution is -2.43. The predicted octanol–water partition coefficient (Wildman–Crippen LogP) is 5.16. The smallest absolute Gasteiger partial charge is 0.0296 e. The normalized spacial score (nSPS) is 14.6. The van der Waals surface area contributed by atoms with E-state index >= 15 is 0 Å². The highest BCUT2D eigenvalue weighted by molar-refractivity contribution is 14.1. The molecule has 1 aromatic rings. The molecule has 0 saturated heterocycles. The third-order valence-electron chi connectivity index (χ3n) is 2.95. The molecule has 0 amide bonds. The second-order valence-corrected chi connectivity index (χ2v) is 8.28. The monoisotopic (exact) mass is 359 g/mol. The average molecular weight is 359 g/mol. The molecule has 0 aromatic heterocycles. The summed E-state index contributed by atoms with van der Waals surface area (Å²) in [5.74, 6) is 0. The molecule has 1 atom stereocenters. The van der Waals surface area contributed by atoms with E-state index in [9.17, 15) is 0 Å². The predicted molar refractivity (Wildman–Crippen MR) is 88.9 cm³/mol. The number of benzene rings is 1. The van der Waals surface area contributed by atoms with Gasteiger partial charge in [0.2, 0.25) is 0 Å². The van der Waals surface area contributed by atoms with Crippen LogP contribution in [0.15, 0.2) is 24.3 Å². The van der Waals surface area contributed by atoms with Crippen LogP contribution in [0.4, 0.5) is 0 Å². The Balaban J connectivity index is 2.69. The van der Waals surface area contributed by atoms with E-state index in [-0.39, 0.29) is 5.54 Å². The highest BCUT2D eigenvalue weighted by Gasteiger charge is 2.26. The quantitative estimate of drug-likeness (QED) is 0.733. The lowest BCUT2D eigenvalue weighted by atomic mass is 9.81. The van der Waals surface area contributed by atoms with Gasteiger partial charge in [0.25, 0.3) is 0 Å². The Kier molecular flexibility index (Phi) is 5.24. The zero-order valence-electron chi connectivity index (χ0n) is 12.5. The molecule has 1 aromatic carbocycles. The molecular weight excluding hydrogens is 333 g/mol. The highest BCUT2D eigenvalue weighted by atomic mass is 127. The van der Waals surface area contributed by atoms with Gasteiger partial charge in [0.1, 0.15) is 0 Å². The topological polar surface area (TPSA) is 12.0 Å². The van der Waals surface area contributed by atoms with Crippen molar-refractivity contribution in [1.29, 1.82) is 0 Å². The largest absolute Gasteiger partial charge is 0.305 e. The van der Waals surface area contributed by atoms with Gasteiger partial charge in [-0.1, -0.05) is 32.9 Å². The Labute approximate surface area is 126 Å². The van der Waals surface area contributed by atoms with Crippen LogP contribution in [0, 0.1) is 8.99 Å². The van der Waals surface area contributed by atoms with E-state index in [2.05, 4.69) is 93.7 Å². The summed E-state index contributed by atoms with van der Waals surface area (Å²) < 4.78 is 1.29. The second-order valence-electron chi connectivity index (χ2n) is 7.04. The Morgan fingerprint density at radius 3 is 2.00 bits per heavy atom. The lowest BCUT2D eigenvalue weighted by molar-refractivity contribution is 0.227. The van der Waals surface area contributed by atoms with Gasteiger partial charge in [0, 0.05) is 15.2 Å². The van der Waals surface area contributed by atoms with E-state index < -0.39 is 0 Å². The number of hydrogen-bond acceptors (Lipinski definition) is 1. The Morgan fingerprint density at radius 1 is 1.06 bits per heavy atom. The molecule has 0 bridgehead atoms. The summed E-state index contributed by atoms with van der Waals surface area (Å²) in [6.07, 6.45) is 1.16. The molecular formula is C16H26IN. The summed E-state index contributed by atoms with van der Waals surface area (Å²) in [4.78, 5) is 0. The van der Waals surface area contributed by atoms with Gasteiger partial charge in [-0.25, -0.2) is 0 Å². The number of halogens is 1. The van der Waals surface area contributed by atoms with Crippen molar-refractivity contribution in [2.75, 3.05) is 0 Å². The molecule has 0 heterocycles. The van der Waals surface area contributed by atoms with Crippen molar-refractivity contribution in [2.45, 2.75) is 59.5 Å². The van der Waals surface area contributed by atoms with Crippen LogP contribution >= 0.6 is 22.6 Å². The van der Waals surface area contributed by atoms with E-state index in [1.165, 1.54) is 9.13 Å². The minimum Gasteiger partial charge on any atom is -0.305 e. The van der Waals surface area contributed by atoms with Crippen molar-refractivity contribution in [1.82, 2.24) is 5.32 Å². The first kappa shape index (κ1) is 16.0. The zero-order valence-corrected chi connectivity index (χ0v) is 14.6. The summed E-state index contributed by atoms with van der Waals surface area (Å²) in [5, 5.41) is 3.75. The fourth-order valence-electron chi connectivity index (χ4n) is 2.80. The first-order valence-corrected chi connectivity index (χ1v) is 7.70. The molecule has 1 unspecified atom stereocenters. The molecule has 1 N–H and O–H groups in total. The van der Waals surface area contributed by atoms with E-state index in [1.54, 1.807) is 0 Å². The molecule has 18 heavy (non-hydrogen) atoms. The van der Waals surface area contributed by atoms with Gasteiger partial charge in [-0.2, -0.15) is 0 Å². The van der Waals surface area contributed by atoms with Gasteiger partial charge in [-0.05, 0) is 72.9 Å². The van der Waals surface area contributed by atoms with Crippen molar-refractivity contribution >= 4 is 22.6 Å². The molecule has 1 rings (SSSR count). The SMILES string of the molecule is CC(NC(C)(C)CC(C)(C)C)c1ccc(I)cc1. The summed E-state index contributed by atoms with van der Waals surface area (Å²) in [6.45, 7) is 13.7. The molecule has 0 fully saturated rings. The van der Waals surface area contributed by atoms with Crippen LogP contribution < -0.4 is 5.32 Å². The molecule has 2 heteroatoms.